The number of nitro groups is 1. The summed E-state index contributed by atoms with van der Waals surface area (Å²) in [6.07, 6.45) is 2.17. The molecule has 0 saturated carbocycles. The van der Waals surface area contributed by atoms with Gasteiger partial charge in [-0.25, -0.2) is 13.1 Å². The lowest BCUT2D eigenvalue weighted by Gasteiger charge is -2.13. The van der Waals surface area contributed by atoms with Crippen molar-refractivity contribution in [1.82, 2.24) is 15.4 Å². The molecule has 3 N–H and O–H groups in total. The summed E-state index contributed by atoms with van der Waals surface area (Å²) in [6, 6.07) is 4.93. The Morgan fingerprint density at radius 3 is 2.85 bits per heavy atom. The van der Waals surface area contributed by atoms with Gasteiger partial charge in [0.05, 0.1) is 22.5 Å². The van der Waals surface area contributed by atoms with Gasteiger partial charge in [0.15, 0.2) is 5.96 Å². The van der Waals surface area contributed by atoms with E-state index in [2.05, 4.69) is 20.3 Å². The van der Waals surface area contributed by atoms with Gasteiger partial charge in [0, 0.05) is 38.4 Å². The molecule has 0 spiro atoms. The molecule has 1 unspecified atom stereocenters. The van der Waals surface area contributed by atoms with Crippen LogP contribution in [-0.2, 0) is 14.8 Å². The second-order valence-electron chi connectivity index (χ2n) is 5.93. The average Bonchev–Trinajstić information content (AvgIpc) is 3.17. The third-order valence-electron chi connectivity index (χ3n) is 3.87. The molecule has 10 nitrogen and oxygen atoms in total. The third-order valence-corrected chi connectivity index (χ3v) is 5.33. The van der Waals surface area contributed by atoms with Crippen LogP contribution in [0.3, 0.4) is 0 Å². The zero-order chi connectivity index (χ0) is 19.7. The Labute approximate surface area is 158 Å². The van der Waals surface area contributed by atoms with Crippen molar-refractivity contribution in [2.75, 3.05) is 32.8 Å². The minimum atomic E-state index is -3.83. The number of non-ortho nitro benzene ring substituents is 1. The molecule has 0 aliphatic carbocycles. The molecule has 0 aromatic heterocycles. The molecule has 0 bridgehead atoms. The van der Waals surface area contributed by atoms with Crippen LogP contribution < -0.4 is 15.4 Å². The van der Waals surface area contributed by atoms with Gasteiger partial charge < -0.3 is 15.4 Å². The molecule has 1 heterocycles. The zero-order valence-corrected chi connectivity index (χ0v) is 16.0. The monoisotopic (exact) mass is 399 g/mol. The van der Waals surface area contributed by atoms with Crippen LogP contribution >= 0.6 is 0 Å². The number of hydrogen-bond donors (Lipinski definition) is 3. The van der Waals surface area contributed by atoms with Gasteiger partial charge in [0.2, 0.25) is 10.0 Å². The van der Waals surface area contributed by atoms with E-state index in [9.17, 15) is 18.5 Å². The molecule has 0 amide bonds. The highest BCUT2D eigenvalue weighted by Gasteiger charge is 2.17. The van der Waals surface area contributed by atoms with Crippen LogP contribution in [-0.4, -0.2) is 58.2 Å². The normalized spacial score (nSPS) is 17.7. The van der Waals surface area contributed by atoms with Crippen molar-refractivity contribution in [2.45, 2.75) is 30.8 Å². The fourth-order valence-corrected chi connectivity index (χ4v) is 3.61. The maximum Gasteiger partial charge on any atom is 0.270 e. The number of nitrogens with zero attached hydrogens (tertiary/aromatic N) is 2. The van der Waals surface area contributed by atoms with Crippen molar-refractivity contribution in [1.29, 1.82) is 0 Å². The van der Waals surface area contributed by atoms with E-state index in [1.165, 1.54) is 18.2 Å². The first-order valence-electron chi connectivity index (χ1n) is 8.80. The maximum absolute atomic E-state index is 12.3. The van der Waals surface area contributed by atoms with E-state index in [1.807, 2.05) is 6.92 Å². The third kappa shape index (κ3) is 6.77. The summed E-state index contributed by atoms with van der Waals surface area (Å²) >= 11 is 0. The number of benzene rings is 1. The van der Waals surface area contributed by atoms with Crippen molar-refractivity contribution < 1.29 is 18.1 Å². The van der Waals surface area contributed by atoms with E-state index in [-0.39, 0.29) is 23.2 Å². The van der Waals surface area contributed by atoms with Gasteiger partial charge in [-0.05, 0) is 25.8 Å². The molecule has 1 aromatic rings. The highest BCUT2D eigenvalue weighted by molar-refractivity contribution is 7.89. The van der Waals surface area contributed by atoms with E-state index in [4.69, 9.17) is 4.74 Å². The van der Waals surface area contributed by atoms with Crippen LogP contribution in [0.4, 0.5) is 5.69 Å². The number of rotatable bonds is 9. The van der Waals surface area contributed by atoms with Crippen LogP contribution in [0.25, 0.3) is 0 Å². The molecule has 11 heteroatoms. The van der Waals surface area contributed by atoms with Crippen LogP contribution in [0.15, 0.2) is 34.2 Å². The standard InChI is InChI=1S/C16H25N5O5S/c1-2-17-16(19-12-14-6-4-10-26-14)18-8-9-20-27(24,25)15-7-3-5-13(11-15)21(22)23/h3,5,7,11,14,20H,2,4,6,8-10,12H2,1H3,(H2,17,18,19). The summed E-state index contributed by atoms with van der Waals surface area (Å²) < 4.78 is 32.4. The van der Waals surface area contributed by atoms with E-state index < -0.39 is 14.9 Å². The van der Waals surface area contributed by atoms with Crippen LogP contribution in [0, 0.1) is 10.1 Å². The summed E-state index contributed by atoms with van der Waals surface area (Å²) in [5.74, 6) is 0.586. The average molecular weight is 399 g/mol. The van der Waals surface area contributed by atoms with Crippen molar-refractivity contribution in [2.24, 2.45) is 4.99 Å². The minimum absolute atomic E-state index is 0.107. The second-order valence-corrected chi connectivity index (χ2v) is 7.70. The first kappa shape index (κ1) is 21.1. The fourth-order valence-electron chi connectivity index (χ4n) is 2.54. The lowest BCUT2D eigenvalue weighted by atomic mass is 10.2. The molecule has 0 radical (unpaired) electrons. The quantitative estimate of drug-likeness (QED) is 0.182. The van der Waals surface area contributed by atoms with Gasteiger partial charge in [-0.1, -0.05) is 6.07 Å². The SMILES string of the molecule is CCNC(=NCC1CCCO1)NCCNS(=O)(=O)c1cccc([N+](=O)[O-])c1. The molecular weight excluding hydrogens is 374 g/mol. The number of ether oxygens (including phenoxy) is 1. The molecule has 1 aliphatic heterocycles. The molecule has 1 aliphatic rings. The fraction of sp³-hybridized carbons (Fsp3) is 0.562. The molecule has 1 saturated heterocycles. The van der Waals surface area contributed by atoms with Crippen molar-refractivity contribution in [3.63, 3.8) is 0 Å². The van der Waals surface area contributed by atoms with E-state index in [0.717, 1.165) is 25.5 Å². The van der Waals surface area contributed by atoms with Gasteiger partial charge in [-0.15, -0.1) is 0 Å². The van der Waals surface area contributed by atoms with Crippen molar-refractivity contribution in [3.8, 4) is 0 Å². The molecular formula is C16H25N5O5S. The highest BCUT2D eigenvalue weighted by Crippen LogP contribution is 2.16. The van der Waals surface area contributed by atoms with Gasteiger partial charge in [-0.2, -0.15) is 0 Å². The Hall–Kier alpha value is -2.24. The van der Waals surface area contributed by atoms with Crippen molar-refractivity contribution in [3.05, 3.63) is 34.4 Å². The van der Waals surface area contributed by atoms with Gasteiger partial charge in [-0.3, -0.25) is 15.1 Å². The van der Waals surface area contributed by atoms with Gasteiger partial charge in [0.1, 0.15) is 0 Å². The Bertz CT molecular complexity index is 762. The Kier molecular flexibility index (Phi) is 7.95. The Balaban J connectivity index is 1.85. The maximum atomic E-state index is 12.3. The number of hydrogen-bond acceptors (Lipinski definition) is 6. The zero-order valence-electron chi connectivity index (χ0n) is 15.2. The van der Waals surface area contributed by atoms with E-state index >= 15 is 0 Å². The predicted molar refractivity (Wildman–Crippen MR) is 101 cm³/mol. The lowest BCUT2D eigenvalue weighted by molar-refractivity contribution is -0.385. The predicted octanol–water partition coefficient (Wildman–Crippen LogP) is 0.607. The molecule has 27 heavy (non-hydrogen) atoms. The van der Waals surface area contributed by atoms with Crippen LogP contribution in [0.5, 0.6) is 0 Å². The first-order valence-corrected chi connectivity index (χ1v) is 10.3. The minimum Gasteiger partial charge on any atom is -0.376 e. The van der Waals surface area contributed by atoms with E-state index in [0.29, 0.717) is 25.6 Å². The second kappa shape index (κ2) is 10.2. The molecule has 1 aromatic carbocycles. The highest BCUT2D eigenvalue weighted by atomic mass is 32.2. The van der Waals surface area contributed by atoms with Crippen LogP contribution in [0.1, 0.15) is 19.8 Å². The first-order chi connectivity index (χ1) is 12.9. The molecule has 1 fully saturated rings. The molecule has 150 valence electrons. The van der Waals surface area contributed by atoms with Gasteiger partial charge in [0.25, 0.3) is 5.69 Å². The summed E-state index contributed by atoms with van der Waals surface area (Å²) in [6.45, 7) is 4.35. The molecule has 1 atom stereocenters. The van der Waals surface area contributed by atoms with Crippen molar-refractivity contribution >= 4 is 21.7 Å². The molecule has 2 rings (SSSR count). The summed E-state index contributed by atoms with van der Waals surface area (Å²) in [5.41, 5.74) is -0.272. The summed E-state index contributed by atoms with van der Waals surface area (Å²) in [7, 11) is -3.83. The largest absolute Gasteiger partial charge is 0.376 e. The summed E-state index contributed by atoms with van der Waals surface area (Å²) in [5, 5.41) is 16.9. The smallest absolute Gasteiger partial charge is 0.270 e. The Morgan fingerprint density at radius 2 is 2.19 bits per heavy atom. The van der Waals surface area contributed by atoms with E-state index in [1.54, 1.807) is 0 Å². The Morgan fingerprint density at radius 1 is 1.37 bits per heavy atom. The number of sulfonamides is 1. The number of guanidine groups is 1. The number of nitrogens with one attached hydrogen (secondary N) is 3. The van der Waals surface area contributed by atoms with Crippen LogP contribution in [0.2, 0.25) is 0 Å². The number of nitro benzene ring substituents is 1. The van der Waals surface area contributed by atoms with Gasteiger partial charge >= 0.3 is 0 Å². The topological polar surface area (TPSA) is 135 Å². The summed E-state index contributed by atoms with van der Waals surface area (Å²) in [4.78, 5) is 14.4. The number of aliphatic imine (C=N–C) groups is 1. The lowest BCUT2D eigenvalue weighted by Crippen LogP contribution is -2.42.